The second kappa shape index (κ2) is 5.76. The van der Waals surface area contributed by atoms with Crippen molar-refractivity contribution < 1.29 is 8.42 Å². The second-order valence-electron chi connectivity index (χ2n) is 6.34. The van der Waals surface area contributed by atoms with Gasteiger partial charge in [-0.3, -0.25) is 4.68 Å². The van der Waals surface area contributed by atoms with Gasteiger partial charge in [0.15, 0.2) is 0 Å². The third-order valence-corrected chi connectivity index (χ3v) is 6.91. The first-order valence-corrected chi connectivity index (χ1v) is 9.34. The van der Waals surface area contributed by atoms with E-state index in [0.717, 1.165) is 18.4 Å². The molecule has 0 bridgehead atoms. The maximum Gasteiger partial charge on any atom is 0.247 e. The van der Waals surface area contributed by atoms with Crippen LogP contribution < -0.4 is 0 Å². The minimum absolute atomic E-state index is 0.0843. The Labute approximate surface area is 138 Å². The van der Waals surface area contributed by atoms with Crippen molar-refractivity contribution in [3.05, 3.63) is 46.8 Å². The molecule has 1 aliphatic heterocycles. The molecule has 0 amide bonds. The molecule has 2 heterocycles. The zero-order valence-electron chi connectivity index (χ0n) is 14.1. The molecular weight excluding hydrogens is 310 g/mol. The molecule has 1 aromatic carbocycles. The summed E-state index contributed by atoms with van der Waals surface area (Å²) in [6.45, 7) is 6.49. The van der Waals surface area contributed by atoms with Crippen LogP contribution in [0.4, 0.5) is 0 Å². The Morgan fingerprint density at radius 1 is 1.17 bits per heavy atom. The standard InChI is InChI=1S/C17H23N3O2S/c1-12-7-8-15(10-13(12)2)16-6-5-9-20(16)23(21,22)17-11-18-19(4)14(17)3/h7-8,10-11,16H,5-6,9H2,1-4H3/t16-/m0/s1. The zero-order valence-corrected chi connectivity index (χ0v) is 14.9. The van der Waals surface area contributed by atoms with Crippen LogP contribution in [-0.2, 0) is 17.1 Å². The molecule has 6 heteroatoms. The van der Waals surface area contributed by atoms with Crippen molar-refractivity contribution in [2.45, 2.75) is 44.6 Å². The first-order valence-electron chi connectivity index (χ1n) is 7.90. The van der Waals surface area contributed by atoms with E-state index in [1.54, 1.807) is 23.0 Å². The summed E-state index contributed by atoms with van der Waals surface area (Å²) in [5.41, 5.74) is 4.18. The van der Waals surface area contributed by atoms with Crippen LogP contribution in [0.15, 0.2) is 29.3 Å². The van der Waals surface area contributed by atoms with Gasteiger partial charge in [0.25, 0.3) is 0 Å². The number of hydrogen-bond acceptors (Lipinski definition) is 3. The quantitative estimate of drug-likeness (QED) is 0.868. The molecule has 0 saturated carbocycles. The van der Waals surface area contributed by atoms with Gasteiger partial charge in [0, 0.05) is 13.6 Å². The number of rotatable bonds is 3. The van der Waals surface area contributed by atoms with Gasteiger partial charge in [-0.1, -0.05) is 18.2 Å². The number of aryl methyl sites for hydroxylation is 3. The average Bonchev–Trinajstić information content (AvgIpc) is 3.11. The average molecular weight is 333 g/mol. The molecule has 124 valence electrons. The fourth-order valence-corrected chi connectivity index (χ4v) is 5.06. The second-order valence-corrected chi connectivity index (χ2v) is 8.19. The monoisotopic (exact) mass is 333 g/mol. The van der Waals surface area contributed by atoms with Crippen LogP contribution in [0.2, 0.25) is 0 Å². The Balaban J connectivity index is 2.01. The minimum Gasteiger partial charge on any atom is -0.272 e. The van der Waals surface area contributed by atoms with Crippen molar-refractivity contribution in [3.63, 3.8) is 0 Å². The molecule has 2 aromatic rings. The lowest BCUT2D eigenvalue weighted by Crippen LogP contribution is -2.31. The predicted molar refractivity (Wildman–Crippen MR) is 89.7 cm³/mol. The summed E-state index contributed by atoms with van der Waals surface area (Å²) in [6.07, 6.45) is 3.21. The van der Waals surface area contributed by atoms with Gasteiger partial charge in [0.1, 0.15) is 4.90 Å². The molecule has 1 fully saturated rings. The number of aromatic nitrogens is 2. The number of benzene rings is 1. The van der Waals surface area contributed by atoms with Crippen LogP contribution in [0.3, 0.4) is 0 Å². The fourth-order valence-electron chi connectivity index (χ4n) is 3.19. The Bertz CT molecular complexity index is 840. The first kappa shape index (κ1) is 16.2. The molecule has 0 unspecified atom stereocenters. The summed E-state index contributed by atoms with van der Waals surface area (Å²) < 4.78 is 29.4. The molecule has 5 nitrogen and oxygen atoms in total. The molecule has 3 rings (SSSR count). The van der Waals surface area contributed by atoms with Crippen LogP contribution in [-0.4, -0.2) is 29.0 Å². The van der Waals surface area contributed by atoms with Crippen LogP contribution in [0.25, 0.3) is 0 Å². The highest BCUT2D eigenvalue weighted by Crippen LogP contribution is 2.37. The Morgan fingerprint density at radius 3 is 2.52 bits per heavy atom. The number of nitrogens with zero attached hydrogens (tertiary/aromatic N) is 3. The molecule has 0 N–H and O–H groups in total. The third-order valence-electron chi connectivity index (χ3n) is 4.90. The van der Waals surface area contributed by atoms with Crippen LogP contribution in [0.5, 0.6) is 0 Å². The number of hydrogen-bond donors (Lipinski definition) is 0. The zero-order chi connectivity index (χ0) is 16.8. The van der Waals surface area contributed by atoms with Crippen LogP contribution in [0, 0.1) is 20.8 Å². The van der Waals surface area contributed by atoms with Crippen molar-refractivity contribution in [2.75, 3.05) is 6.54 Å². The summed E-state index contributed by atoms with van der Waals surface area (Å²) in [4.78, 5) is 0.315. The first-order chi connectivity index (χ1) is 10.8. The molecule has 1 aromatic heterocycles. The van der Waals surface area contributed by atoms with E-state index in [-0.39, 0.29) is 6.04 Å². The maximum atomic E-state index is 13.1. The largest absolute Gasteiger partial charge is 0.272 e. The van der Waals surface area contributed by atoms with Gasteiger partial charge >= 0.3 is 0 Å². The van der Waals surface area contributed by atoms with Crippen molar-refractivity contribution in [2.24, 2.45) is 7.05 Å². The van der Waals surface area contributed by atoms with Gasteiger partial charge in [-0.2, -0.15) is 9.40 Å². The third kappa shape index (κ3) is 2.70. The predicted octanol–water partition coefficient (Wildman–Crippen LogP) is 2.87. The van der Waals surface area contributed by atoms with Crippen molar-refractivity contribution >= 4 is 10.0 Å². The topological polar surface area (TPSA) is 55.2 Å². The molecule has 0 aliphatic carbocycles. The lowest BCUT2D eigenvalue weighted by atomic mass is 10.0. The summed E-state index contributed by atoms with van der Waals surface area (Å²) in [7, 11) is -1.76. The van der Waals surface area contributed by atoms with E-state index >= 15 is 0 Å². The van der Waals surface area contributed by atoms with E-state index in [2.05, 4.69) is 37.1 Å². The summed E-state index contributed by atoms with van der Waals surface area (Å²) >= 11 is 0. The summed E-state index contributed by atoms with van der Waals surface area (Å²) in [6, 6.07) is 6.16. The van der Waals surface area contributed by atoms with Crippen LogP contribution in [0.1, 0.15) is 41.3 Å². The van der Waals surface area contributed by atoms with E-state index in [1.807, 2.05) is 0 Å². The van der Waals surface area contributed by atoms with Gasteiger partial charge in [0.2, 0.25) is 10.0 Å². The smallest absolute Gasteiger partial charge is 0.247 e. The summed E-state index contributed by atoms with van der Waals surface area (Å²) in [5, 5.41) is 4.09. The molecule has 1 saturated heterocycles. The van der Waals surface area contributed by atoms with Crippen molar-refractivity contribution in [3.8, 4) is 0 Å². The van der Waals surface area contributed by atoms with Gasteiger partial charge in [-0.15, -0.1) is 0 Å². The highest BCUT2D eigenvalue weighted by molar-refractivity contribution is 7.89. The molecule has 0 spiro atoms. The molecule has 1 aliphatic rings. The van der Waals surface area contributed by atoms with Crippen molar-refractivity contribution in [1.82, 2.24) is 14.1 Å². The van der Waals surface area contributed by atoms with E-state index in [0.29, 0.717) is 17.1 Å². The Morgan fingerprint density at radius 2 is 1.91 bits per heavy atom. The Kier molecular flexibility index (Phi) is 4.06. The number of sulfonamides is 1. The van der Waals surface area contributed by atoms with Gasteiger partial charge < -0.3 is 0 Å². The molecule has 1 atom stereocenters. The fraction of sp³-hybridized carbons (Fsp3) is 0.471. The molecule has 23 heavy (non-hydrogen) atoms. The SMILES string of the molecule is Cc1ccc([C@@H]2CCCN2S(=O)(=O)c2cnn(C)c2C)cc1C. The maximum absolute atomic E-state index is 13.1. The molecular formula is C17H23N3O2S. The Hall–Kier alpha value is -1.66. The van der Waals surface area contributed by atoms with Crippen LogP contribution >= 0.6 is 0 Å². The lowest BCUT2D eigenvalue weighted by Gasteiger charge is -2.24. The lowest BCUT2D eigenvalue weighted by molar-refractivity contribution is 0.396. The van der Waals surface area contributed by atoms with E-state index < -0.39 is 10.0 Å². The summed E-state index contributed by atoms with van der Waals surface area (Å²) in [5.74, 6) is 0. The van der Waals surface area contributed by atoms with E-state index in [9.17, 15) is 8.42 Å². The van der Waals surface area contributed by atoms with Crippen molar-refractivity contribution in [1.29, 1.82) is 0 Å². The van der Waals surface area contributed by atoms with Gasteiger partial charge in [-0.05, 0) is 50.3 Å². The normalized spacial score (nSPS) is 19.4. The highest BCUT2D eigenvalue weighted by Gasteiger charge is 2.37. The van der Waals surface area contributed by atoms with E-state index in [4.69, 9.17) is 0 Å². The molecule has 0 radical (unpaired) electrons. The van der Waals surface area contributed by atoms with E-state index in [1.165, 1.54) is 17.3 Å². The van der Waals surface area contributed by atoms with Gasteiger partial charge in [-0.25, -0.2) is 8.42 Å². The minimum atomic E-state index is -3.52. The van der Waals surface area contributed by atoms with Gasteiger partial charge in [0.05, 0.1) is 17.9 Å². The highest BCUT2D eigenvalue weighted by atomic mass is 32.2.